The summed E-state index contributed by atoms with van der Waals surface area (Å²) in [6, 6.07) is 5.01. The minimum atomic E-state index is -3.81. The number of nitrogens with two attached hydrogens (primary N) is 1. The number of hydrogen-bond acceptors (Lipinski definition) is 7. The molecule has 1 fully saturated rings. The van der Waals surface area contributed by atoms with Crippen molar-refractivity contribution < 1.29 is 18.0 Å². The lowest BCUT2D eigenvalue weighted by Gasteiger charge is -2.40. The number of sulfonamides is 1. The minimum absolute atomic E-state index is 0.00302. The van der Waals surface area contributed by atoms with Crippen LogP contribution in [0.2, 0.25) is 0 Å². The quantitative estimate of drug-likeness (QED) is 0.708. The molecule has 11 heteroatoms. The number of urea groups is 1. The number of anilines is 1. The van der Waals surface area contributed by atoms with E-state index in [0.717, 1.165) is 11.4 Å². The maximum absolute atomic E-state index is 13.1. The van der Waals surface area contributed by atoms with Gasteiger partial charge in [0.15, 0.2) is 12.2 Å². The molecule has 30 heavy (non-hydrogen) atoms. The third kappa shape index (κ3) is 2.73. The van der Waals surface area contributed by atoms with Gasteiger partial charge in [0.25, 0.3) is 5.91 Å². The van der Waals surface area contributed by atoms with Gasteiger partial charge < -0.3 is 4.90 Å². The van der Waals surface area contributed by atoms with E-state index in [1.807, 2.05) is 23.6 Å². The first-order valence-electron chi connectivity index (χ1n) is 9.24. The maximum Gasteiger partial charge on any atom is 0.328 e. The molecule has 2 unspecified atom stereocenters. The molecule has 0 aliphatic carbocycles. The van der Waals surface area contributed by atoms with Crippen LogP contribution in [0.15, 0.2) is 58.2 Å². The predicted octanol–water partition coefficient (Wildman–Crippen LogP) is 0.852. The highest BCUT2D eigenvalue weighted by atomic mass is 32.2. The summed E-state index contributed by atoms with van der Waals surface area (Å²) in [6.07, 6.45) is 0.855. The summed E-state index contributed by atoms with van der Waals surface area (Å²) < 4.78 is 23.1. The van der Waals surface area contributed by atoms with Crippen molar-refractivity contribution >= 4 is 33.6 Å². The van der Waals surface area contributed by atoms with Crippen LogP contribution < -0.4 is 10.0 Å². The molecule has 0 spiro atoms. The van der Waals surface area contributed by atoms with Gasteiger partial charge in [-0.05, 0) is 38.1 Å². The van der Waals surface area contributed by atoms with E-state index in [9.17, 15) is 18.0 Å². The zero-order valence-electron chi connectivity index (χ0n) is 16.8. The highest BCUT2D eigenvalue weighted by Gasteiger charge is 2.55. The fourth-order valence-corrected chi connectivity index (χ4v) is 4.52. The number of nitrogens with zero attached hydrogens (tertiary/aromatic N) is 5. The first kappa shape index (κ1) is 20.1. The third-order valence-electron chi connectivity index (χ3n) is 5.63. The van der Waals surface area contributed by atoms with Gasteiger partial charge in [0, 0.05) is 30.7 Å². The van der Waals surface area contributed by atoms with Gasteiger partial charge in [0.1, 0.15) is 0 Å². The third-order valence-corrected chi connectivity index (χ3v) is 6.56. The number of carbonyl (C=O) groups excluding carboxylic acids is 2. The summed E-state index contributed by atoms with van der Waals surface area (Å²) in [4.78, 5) is 36.7. The van der Waals surface area contributed by atoms with E-state index in [-0.39, 0.29) is 17.3 Å². The number of benzene rings is 1. The molecule has 0 aromatic heterocycles. The second kappa shape index (κ2) is 6.67. The molecule has 0 radical (unpaired) electrons. The second-order valence-electron chi connectivity index (χ2n) is 7.33. The number of rotatable bonds is 4. The van der Waals surface area contributed by atoms with Crippen LogP contribution in [0, 0.1) is 0 Å². The monoisotopic (exact) mass is 430 g/mol. The van der Waals surface area contributed by atoms with Crippen LogP contribution in [-0.4, -0.2) is 66.8 Å². The van der Waals surface area contributed by atoms with E-state index >= 15 is 0 Å². The van der Waals surface area contributed by atoms with Crippen molar-refractivity contribution in [1.82, 2.24) is 14.7 Å². The van der Waals surface area contributed by atoms with Crippen molar-refractivity contribution in [3.63, 3.8) is 0 Å². The second-order valence-corrected chi connectivity index (χ2v) is 8.90. The number of imide groups is 1. The van der Waals surface area contributed by atoms with Crippen LogP contribution in [0.1, 0.15) is 13.8 Å². The maximum atomic E-state index is 13.1. The first-order chi connectivity index (χ1) is 14.1. The number of hydrogen-bond donors (Lipinski definition) is 1. The first-order valence-corrected chi connectivity index (χ1v) is 10.8. The predicted molar refractivity (Wildman–Crippen MR) is 111 cm³/mol. The van der Waals surface area contributed by atoms with Crippen molar-refractivity contribution in [1.29, 1.82) is 0 Å². The molecule has 3 amide bonds. The molecule has 3 aliphatic rings. The Kier molecular flexibility index (Phi) is 4.47. The number of carbonyl (C=O) groups is 2. The molecule has 3 heterocycles. The molecule has 1 saturated heterocycles. The number of guanidine groups is 1. The smallest absolute Gasteiger partial charge is 0.302 e. The summed E-state index contributed by atoms with van der Waals surface area (Å²) in [5, 5.41) is 5.19. The zero-order chi connectivity index (χ0) is 22.0. The van der Waals surface area contributed by atoms with E-state index < -0.39 is 28.3 Å². The number of amides is 3. The van der Waals surface area contributed by atoms with Gasteiger partial charge in [-0.1, -0.05) is 6.08 Å². The summed E-state index contributed by atoms with van der Waals surface area (Å²) in [6.45, 7) is 7.52. The number of likely N-dealkylation sites (N-methyl/N-ethyl adjacent to an activating group) is 1. The van der Waals surface area contributed by atoms with Gasteiger partial charge >= 0.3 is 6.03 Å². The standard InChI is InChI=1S/C19H22N6O4S/c1-5-10-23-17(26)15-16(22(4)19(23)27)21-18-24(11(2)12(3)25(15)18)13-6-8-14(9-7-13)30(20,28)29/h5-9,15-16H,1,10H2,2-4H3,(H2,20,28,29). The SMILES string of the molecule is C=CCN1C(=O)C2C(N=C3N(c4ccc(S(N)(=O)=O)cc4)C(C)=C(C)N32)N(C)C1=O. The molecule has 1 aromatic rings. The Bertz CT molecular complexity index is 1120. The number of fused-ring (bicyclic) bond motifs is 3. The molecule has 3 aliphatic heterocycles. The van der Waals surface area contributed by atoms with Gasteiger partial charge in [-0.25, -0.2) is 23.3 Å². The van der Waals surface area contributed by atoms with Crippen LogP contribution in [0.3, 0.4) is 0 Å². The van der Waals surface area contributed by atoms with Gasteiger partial charge in [-0.3, -0.25) is 19.5 Å². The number of primary sulfonamides is 1. The fourth-order valence-electron chi connectivity index (χ4n) is 4.00. The molecule has 0 bridgehead atoms. The van der Waals surface area contributed by atoms with Gasteiger partial charge in [-0.2, -0.15) is 0 Å². The molecular formula is C19H22N6O4S. The van der Waals surface area contributed by atoms with Crippen molar-refractivity contribution in [3.8, 4) is 0 Å². The van der Waals surface area contributed by atoms with E-state index in [4.69, 9.17) is 10.1 Å². The Balaban J connectivity index is 1.76. The Labute approximate surface area is 174 Å². The van der Waals surface area contributed by atoms with Crippen LogP contribution >= 0.6 is 0 Å². The molecule has 158 valence electrons. The van der Waals surface area contributed by atoms with Crippen molar-refractivity contribution in [3.05, 3.63) is 48.3 Å². The molecule has 10 nitrogen and oxygen atoms in total. The van der Waals surface area contributed by atoms with E-state index in [1.54, 1.807) is 19.2 Å². The molecule has 2 atom stereocenters. The molecular weight excluding hydrogens is 408 g/mol. The topological polar surface area (TPSA) is 120 Å². The van der Waals surface area contributed by atoms with Gasteiger partial charge in [0.2, 0.25) is 16.0 Å². The lowest BCUT2D eigenvalue weighted by atomic mass is 10.1. The minimum Gasteiger partial charge on any atom is -0.302 e. The van der Waals surface area contributed by atoms with Crippen molar-refractivity contribution in [2.24, 2.45) is 10.1 Å². The highest BCUT2D eigenvalue weighted by molar-refractivity contribution is 7.89. The van der Waals surface area contributed by atoms with Crippen LogP contribution in [0.4, 0.5) is 10.5 Å². The van der Waals surface area contributed by atoms with Crippen LogP contribution in [0.5, 0.6) is 0 Å². The number of aliphatic imine (C=N–C) groups is 1. The average Bonchev–Trinajstić information content (AvgIpc) is 3.19. The number of allylic oxidation sites excluding steroid dienone is 2. The Morgan fingerprint density at radius 3 is 2.37 bits per heavy atom. The summed E-state index contributed by atoms with van der Waals surface area (Å²) >= 11 is 0. The van der Waals surface area contributed by atoms with Crippen LogP contribution in [-0.2, 0) is 14.8 Å². The summed E-state index contributed by atoms with van der Waals surface area (Å²) in [5.74, 6) is 0.178. The zero-order valence-corrected chi connectivity index (χ0v) is 17.6. The van der Waals surface area contributed by atoms with E-state index in [2.05, 4.69) is 6.58 Å². The Morgan fingerprint density at radius 2 is 1.80 bits per heavy atom. The lowest BCUT2D eigenvalue weighted by molar-refractivity contribution is -0.136. The average molecular weight is 430 g/mol. The lowest BCUT2D eigenvalue weighted by Crippen LogP contribution is -2.64. The van der Waals surface area contributed by atoms with Gasteiger partial charge in [0.05, 0.1) is 4.90 Å². The Hall–Kier alpha value is -3.18. The highest BCUT2D eigenvalue weighted by Crippen LogP contribution is 2.40. The molecule has 1 aromatic carbocycles. The van der Waals surface area contributed by atoms with Crippen molar-refractivity contribution in [2.45, 2.75) is 31.0 Å². The largest absolute Gasteiger partial charge is 0.328 e. The molecule has 4 rings (SSSR count). The fraction of sp³-hybridized carbons (Fsp3) is 0.316. The van der Waals surface area contributed by atoms with E-state index in [1.165, 1.54) is 28.0 Å². The van der Waals surface area contributed by atoms with Gasteiger partial charge in [-0.15, -0.1) is 6.58 Å². The molecule has 2 N–H and O–H groups in total. The van der Waals surface area contributed by atoms with Crippen molar-refractivity contribution in [2.75, 3.05) is 18.5 Å². The van der Waals surface area contributed by atoms with E-state index in [0.29, 0.717) is 11.6 Å². The molecule has 0 saturated carbocycles. The normalized spacial score (nSPS) is 23.8. The summed E-state index contributed by atoms with van der Waals surface area (Å²) in [7, 11) is -2.19. The Morgan fingerprint density at radius 1 is 1.17 bits per heavy atom. The summed E-state index contributed by atoms with van der Waals surface area (Å²) in [5.41, 5.74) is 2.34. The van der Waals surface area contributed by atoms with Crippen LogP contribution in [0.25, 0.3) is 0 Å².